The Morgan fingerprint density at radius 2 is 2.05 bits per heavy atom. The zero-order chi connectivity index (χ0) is 14.4. The van der Waals surface area contributed by atoms with Gasteiger partial charge in [0.25, 0.3) is 0 Å². The molecule has 1 N–H and O–H groups in total. The highest BCUT2D eigenvalue weighted by atomic mass is 16.5. The number of aliphatic carboxylic acids is 1. The largest absolute Gasteiger partial charge is 0.496 e. The number of hydrogen-bond acceptors (Lipinski definition) is 3. The molecule has 4 nitrogen and oxygen atoms in total. The van der Waals surface area contributed by atoms with Crippen molar-refractivity contribution in [1.29, 1.82) is 0 Å². The van der Waals surface area contributed by atoms with E-state index in [2.05, 4.69) is 0 Å². The van der Waals surface area contributed by atoms with Gasteiger partial charge < -0.3 is 14.6 Å². The lowest BCUT2D eigenvalue weighted by Gasteiger charge is -2.09. The van der Waals surface area contributed by atoms with Gasteiger partial charge in [-0.2, -0.15) is 0 Å². The molecule has 0 radical (unpaired) electrons. The number of benzene rings is 2. The SMILES string of the molecule is COc1cccc2ccc(OCCCCC(=O)O)cc12. The summed E-state index contributed by atoms with van der Waals surface area (Å²) < 4.78 is 11.0. The molecule has 0 saturated carbocycles. The average molecular weight is 274 g/mol. The van der Waals surface area contributed by atoms with Gasteiger partial charge in [-0.05, 0) is 36.4 Å². The van der Waals surface area contributed by atoms with Crippen LogP contribution in [-0.4, -0.2) is 24.8 Å². The van der Waals surface area contributed by atoms with Crippen LogP contribution < -0.4 is 9.47 Å². The molecule has 0 aromatic heterocycles. The van der Waals surface area contributed by atoms with E-state index in [0.29, 0.717) is 13.0 Å². The molecule has 0 unspecified atom stereocenters. The first-order valence-electron chi connectivity index (χ1n) is 6.62. The van der Waals surface area contributed by atoms with Crippen LogP contribution in [0.15, 0.2) is 36.4 Å². The van der Waals surface area contributed by atoms with Crippen molar-refractivity contribution in [1.82, 2.24) is 0 Å². The molecular weight excluding hydrogens is 256 g/mol. The Kier molecular flexibility index (Phi) is 4.82. The second-order valence-electron chi connectivity index (χ2n) is 4.54. The fourth-order valence-electron chi connectivity index (χ4n) is 2.06. The van der Waals surface area contributed by atoms with Crippen molar-refractivity contribution in [3.8, 4) is 11.5 Å². The van der Waals surface area contributed by atoms with Crippen molar-refractivity contribution < 1.29 is 19.4 Å². The molecule has 0 amide bonds. The minimum Gasteiger partial charge on any atom is -0.496 e. The van der Waals surface area contributed by atoms with Crippen LogP contribution in [-0.2, 0) is 4.79 Å². The summed E-state index contributed by atoms with van der Waals surface area (Å²) in [7, 11) is 1.65. The maximum Gasteiger partial charge on any atom is 0.303 e. The van der Waals surface area contributed by atoms with E-state index in [4.69, 9.17) is 14.6 Å². The van der Waals surface area contributed by atoms with Crippen molar-refractivity contribution >= 4 is 16.7 Å². The molecule has 4 heteroatoms. The number of ether oxygens (including phenoxy) is 2. The molecule has 106 valence electrons. The van der Waals surface area contributed by atoms with Crippen molar-refractivity contribution in [3.05, 3.63) is 36.4 Å². The number of rotatable bonds is 7. The van der Waals surface area contributed by atoms with Crippen molar-refractivity contribution in [2.45, 2.75) is 19.3 Å². The van der Waals surface area contributed by atoms with Gasteiger partial charge in [-0.3, -0.25) is 4.79 Å². The zero-order valence-corrected chi connectivity index (χ0v) is 11.5. The van der Waals surface area contributed by atoms with E-state index in [9.17, 15) is 4.79 Å². The summed E-state index contributed by atoms with van der Waals surface area (Å²) in [5.74, 6) is 0.830. The van der Waals surface area contributed by atoms with E-state index in [1.54, 1.807) is 7.11 Å². The van der Waals surface area contributed by atoms with E-state index >= 15 is 0 Å². The lowest BCUT2D eigenvalue weighted by Crippen LogP contribution is -2.00. The van der Waals surface area contributed by atoms with Gasteiger partial charge in [-0.1, -0.05) is 18.2 Å². The van der Waals surface area contributed by atoms with Crippen molar-refractivity contribution in [2.24, 2.45) is 0 Å². The van der Waals surface area contributed by atoms with Gasteiger partial charge >= 0.3 is 5.97 Å². The van der Waals surface area contributed by atoms with E-state index in [1.807, 2.05) is 36.4 Å². The Morgan fingerprint density at radius 3 is 2.80 bits per heavy atom. The molecule has 0 aliphatic heterocycles. The first-order valence-corrected chi connectivity index (χ1v) is 6.62. The minimum atomic E-state index is -0.763. The van der Waals surface area contributed by atoms with Gasteiger partial charge in [0.05, 0.1) is 13.7 Å². The molecule has 0 spiro atoms. The van der Waals surface area contributed by atoms with E-state index in [1.165, 1.54) is 0 Å². The number of carboxylic acid groups (broad SMARTS) is 1. The van der Waals surface area contributed by atoms with Crippen LogP contribution in [0.2, 0.25) is 0 Å². The van der Waals surface area contributed by atoms with Gasteiger partial charge in [0.1, 0.15) is 11.5 Å². The third-order valence-electron chi connectivity index (χ3n) is 3.09. The highest BCUT2D eigenvalue weighted by molar-refractivity contribution is 5.89. The molecule has 0 fully saturated rings. The van der Waals surface area contributed by atoms with Crippen LogP contribution in [0.25, 0.3) is 10.8 Å². The summed E-state index contributed by atoms with van der Waals surface area (Å²) in [4.78, 5) is 10.4. The van der Waals surface area contributed by atoms with Crippen LogP contribution >= 0.6 is 0 Å². The minimum absolute atomic E-state index is 0.189. The Labute approximate surface area is 117 Å². The number of fused-ring (bicyclic) bond motifs is 1. The van der Waals surface area contributed by atoms with Gasteiger partial charge in [-0.25, -0.2) is 0 Å². The fraction of sp³-hybridized carbons (Fsp3) is 0.312. The van der Waals surface area contributed by atoms with Gasteiger partial charge in [0, 0.05) is 11.8 Å². The Balaban J connectivity index is 1.99. The maximum absolute atomic E-state index is 10.4. The lowest BCUT2D eigenvalue weighted by atomic mass is 10.1. The van der Waals surface area contributed by atoms with E-state index in [0.717, 1.165) is 28.7 Å². The topological polar surface area (TPSA) is 55.8 Å². The molecule has 2 aromatic rings. The first kappa shape index (κ1) is 14.2. The van der Waals surface area contributed by atoms with Crippen molar-refractivity contribution in [3.63, 3.8) is 0 Å². The third-order valence-corrected chi connectivity index (χ3v) is 3.09. The van der Waals surface area contributed by atoms with Crippen LogP contribution in [0.3, 0.4) is 0 Å². The molecular formula is C16H18O4. The molecule has 2 rings (SSSR count). The number of carboxylic acids is 1. The van der Waals surface area contributed by atoms with E-state index < -0.39 is 5.97 Å². The summed E-state index contributed by atoms with van der Waals surface area (Å²) in [5, 5.41) is 10.7. The Hall–Kier alpha value is -2.23. The summed E-state index contributed by atoms with van der Waals surface area (Å²) in [5.41, 5.74) is 0. The second kappa shape index (κ2) is 6.80. The lowest BCUT2D eigenvalue weighted by molar-refractivity contribution is -0.137. The summed E-state index contributed by atoms with van der Waals surface area (Å²) >= 11 is 0. The normalized spacial score (nSPS) is 10.4. The number of carbonyl (C=O) groups is 1. The first-order chi connectivity index (χ1) is 9.70. The third kappa shape index (κ3) is 3.63. The Bertz CT molecular complexity index is 592. The standard InChI is InChI=1S/C16H18O4/c1-19-15-6-4-5-12-8-9-13(11-14(12)15)20-10-3-2-7-16(17)18/h4-6,8-9,11H,2-3,7,10H2,1H3,(H,17,18). The zero-order valence-electron chi connectivity index (χ0n) is 11.5. The Morgan fingerprint density at radius 1 is 1.20 bits per heavy atom. The predicted molar refractivity (Wildman–Crippen MR) is 77.5 cm³/mol. The molecule has 0 saturated heterocycles. The maximum atomic E-state index is 10.4. The molecule has 0 heterocycles. The quantitative estimate of drug-likeness (QED) is 0.785. The monoisotopic (exact) mass is 274 g/mol. The summed E-state index contributed by atoms with van der Waals surface area (Å²) in [6.07, 6.45) is 1.55. The average Bonchev–Trinajstić information content (AvgIpc) is 2.45. The summed E-state index contributed by atoms with van der Waals surface area (Å²) in [6, 6.07) is 11.7. The highest BCUT2D eigenvalue weighted by Crippen LogP contribution is 2.28. The van der Waals surface area contributed by atoms with E-state index in [-0.39, 0.29) is 6.42 Å². The molecule has 0 aliphatic rings. The molecule has 0 atom stereocenters. The summed E-state index contributed by atoms with van der Waals surface area (Å²) in [6.45, 7) is 0.522. The number of methoxy groups -OCH3 is 1. The second-order valence-corrected chi connectivity index (χ2v) is 4.54. The molecule has 20 heavy (non-hydrogen) atoms. The number of hydrogen-bond donors (Lipinski definition) is 1. The van der Waals surface area contributed by atoms with Crippen LogP contribution in [0.5, 0.6) is 11.5 Å². The fourth-order valence-corrected chi connectivity index (χ4v) is 2.06. The van der Waals surface area contributed by atoms with Gasteiger partial charge in [0.2, 0.25) is 0 Å². The van der Waals surface area contributed by atoms with Crippen molar-refractivity contribution in [2.75, 3.05) is 13.7 Å². The molecule has 2 aromatic carbocycles. The molecule has 0 aliphatic carbocycles. The van der Waals surface area contributed by atoms with Gasteiger partial charge in [-0.15, -0.1) is 0 Å². The highest BCUT2D eigenvalue weighted by Gasteiger charge is 2.03. The predicted octanol–water partition coefficient (Wildman–Crippen LogP) is 3.48. The van der Waals surface area contributed by atoms with Crippen LogP contribution in [0, 0.1) is 0 Å². The van der Waals surface area contributed by atoms with Gasteiger partial charge in [0.15, 0.2) is 0 Å². The van der Waals surface area contributed by atoms with Crippen LogP contribution in [0.4, 0.5) is 0 Å². The molecule has 0 bridgehead atoms. The smallest absolute Gasteiger partial charge is 0.303 e. The number of unbranched alkanes of at least 4 members (excludes halogenated alkanes) is 1. The van der Waals surface area contributed by atoms with Crippen LogP contribution in [0.1, 0.15) is 19.3 Å².